The smallest absolute Gasteiger partial charge is 0.323 e. The normalized spacial score (nSPS) is 11.6. The molecule has 0 amide bonds. The molecule has 194 valence electrons. The van der Waals surface area contributed by atoms with Crippen molar-refractivity contribution in [1.82, 2.24) is 4.90 Å². The molecule has 0 heterocycles. The number of hydrogen-bond donors (Lipinski definition) is 0. The van der Waals surface area contributed by atoms with E-state index in [4.69, 9.17) is 4.74 Å². The predicted molar refractivity (Wildman–Crippen MR) is 153 cm³/mol. The molecule has 0 aliphatic rings. The van der Waals surface area contributed by atoms with Crippen LogP contribution in [0.3, 0.4) is 0 Å². The summed E-state index contributed by atoms with van der Waals surface area (Å²) in [6, 6.07) is 35.5. The van der Waals surface area contributed by atoms with Crippen LogP contribution in [0.2, 0.25) is 0 Å². The lowest BCUT2D eigenvalue weighted by Crippen LogP contribution is -2.44. The van der Waals surface area contributed by atoms with Crippen LogP contribution in [0.5, 0.6) is 0 Å². The Morgan fingerprint density at radius 2 is 1.13 bits per heavy atom. The Bertz CT molecular complexity index is 1410. The molecule has 0 radical (unpaired) electrons. The van der Waals surface area contributed by atoms with E-state index in [2.05, 4.69) is 17.0 Å². The maximum atomic E-state index is 12.9. The molecule has 0 spiro atoms. The summed E-state index contributed by atoms with van der Waals surface area (Å²) in [5.74, 6) is -0.217. The second-order valence-corrected chi connectivity index (χ2v) is 9.83. The number of ether oxygens (including phenoxy) is 1. The highest BCUT2D eigenvalue weighted by Gasteiger charge is 2.30. The first kappa shape index (κ1) is 27.3. The molecule has 0 aliphatic heterocycles. The molecule has 0 bridgehead atoms. The number of carbonyl (C=O) groups is 1. The van der Waals surface area contributed by atoms with Gasteiger partial charge in [-0.2, -0.15) is 10.5 Å². The third kappa shape index (κ3) is 6.41. The van der Waals surface area contributed by atoms with Crippen LogP contribution < -0.4 is 0 Å². The second kappa shape index (κ2) is 12.7. The molecule has 0 saturated heterocycles. The fourth-order valence-corrected chi connectivity index (χ4v) is 4.93. The van der Waals surface area contributed by atoms with E-state index < -0.39 is 6.04 Å². The molecule has 39 heavy (non-hydrogen) atoms. The van der Waals surface area contributed by atoms with Crippen LogP contribution in [0.1, 0.15) is 36.1 Å². The van der Waals surface area contributed by atoms with Gasteiger partial charge in [-0.3, -0.25) is 9.69 Å². The summed E-state index contributed by atoms with van der Waals surface area (Å²) in [6.45, 7) is 5.16. The molecule has 0 unspecified atom stereocenters. The van der Waals surface area contributed by atoms with Crippen LogP contribution in [0.25, 0.3) is 22.3 Å². The van der Waals surface area contributed by atoms with E-state index in [1.807, 2.05) is 111 Å². The number of methoxy groups -OCH3 is 1. The van der Waals surface area contributed by atoms with Gasteiger partial charge in [0.15, 0.2) is 0 Å². The van der Waals surface area contributed by atoms with Crippen LogP contribution in [-0.2, 0) is 22.6 Å². The predicted octanol–water partition coefficient (Wildman–Crippen LogP) is 6.96. The zero-order chi connectivity index (χ0) is 27.8. The molecule has 1 atom stereocenters. The van der Waals surface area contributed by atoms with Crippen molar-refractivity contribution in [1.29, 1.82) is 10.5 Å². The van der Waals surface area contributed by atoms with Crippen LogP contribution in [0, 0.1) is 28.6 Å². The van der Waals surface area contributed by atoms with Gasteiger partial charge in [-0.1, -0.05) is 98.8 Å². The summed E-state index contributed by atoms with van der Waals surface area (Å²) in [6.07, 6.45) is 0. The zero-order valence-electron chi connectivity index (χ0n) is 22.5. The van der Waals surface area contributed by atoms with Gasteiger partial charge in [0.1, 0.15) is 6.04 Å². The second-order valence-electron chi connectivity index (χ2n) is 9.83. The van der Waals surface area contributed by atoms with E-state index in [-0.39, 0.29) is 11.9 Å². The van der Waals surface area contributed by atoms with E-state index in [9.17, 15) is 15.3 Å². The Hall–Kier alpha value is -4.71. The van der Waals surface area contributed by atoms with Gasteiger partial charge in [-0.15, -0.1) is 0 Å². The molecule has 0 N–H and O–H groups in total. The molecule has 5 nitrogen and oxygen atoms in total. The molecular weight excluding hydrogens is 482 g/mol. The quantitative estimate of drug-likeness (QED) is 0.226. The molecule has 0 aliphatic carbocycles. The number of carbonyl (C=O) groups excluding carboxylic acids is 1. The van der Waals surface area contributed by atoms with E-state index >= 15 is 0 Å². The van der Waals surface area contributed by atoms with Gasteiger partial charge >= 0.3 is 5.97 Å². The molecule has 4 rings (SSSR count). The van der Waals surface area contributed by atoms with Gasteiger partial charge in [-0.25, -0.2) is 0 Å². The lowest BCUT2D eigenvalue weighted by molar-refractivity contribution is -0.149. The topological polar surface area (TPSA) is 77.1 Å². The van der Waals surface area contributed by atoms with Gasteiger partial charge in [0, 0.05) is 13.1 Å². The lowest BCUT2D eigenvalue weighted by Gasteiger charge is -2.32. The summed E-state index contributed by atoms with van der Waals surface area (Å²) < 4.78 is 5.19. The minimum Gasteiger partial charge on any atom is -0.468 e. The van der Waals surface area contributed by atoms with Crippen molar-refractivity contribution in [3.63, 3.8) is 0 Å². The summed E-state index contributed by atoms with van der Waals surface area (Å²) in [4.78, 5) is 15.0. The third-order valence-corrected chi connectivity index (χ3v) is 6.86. The maximum Gasteiger partial charge on any atom is 0.323 e. The number of rotatable bonds is 9. The Kier molecular flexibility index (Phi) is 8.90. The molecule has 0 fully saturated rings. The van der Waals surface area contributed by atoms with Crippen LogP contribution in [-0.4, -0.2) is 24.0 Å². The Morgan fingerprint density at radius 1 is 0.718 bits per heavy atom. The third-order valence-electron chi connectivity index (χ3n) is 6.86. The minimum absolute atomic E-state index is 0.0426. The zero-order valence-corrected chi connectivity index (χ0v) is 22.5. The van der Waals surface area contributed by atoms with Gasteiger partial charge in [0.25, 0.3) is 0 Å². The van der Waals surface area contributed by atoms with Crippen molar-refractivity contribution < 1.29 is 9.53 Å². The number of nitriles is 2. The first-order chi connectivity index (χ1) is 18.9. The summed E-state index contributed by atoms with van der Waals surface area (Å²) >= 11 is 0. The summed E-state index contributed by atoms with van der Waals surface area (Å²) in [5.41, 5.74) is 7.14. The average Bonchev–Trinajstić information content (AvgIpc) is 2.97. The fraction of sp³-hybridized carbons (Fsp3) is 0.206. The summed E-state index contributed by atoms with van der Waals surface area (Å²) in [5, 5.41) is 19.0. The largest absolute Gasteiger partial charge is 0.468 e. The fourth-order valence-electron chi connectivity index (χ4n) is 4.93. The minimum atomic E-state index is -0.423. The standard InChI is InChI=1S/C34H31N3O2/c1-24(2)33(34(38)39-3)37(22-25-12-16-27(17-13-25)31-10-6-4-8-29(31)20-35)23-26-14-18-28(19-15-26)32-11-7-5-9-30(32)21-36/h4-19,24,33H,22-23H2,1-3H3/t33-/m0/s1. The van der Waals surface area contributed by atoms with Crippen LogP contribution in [0.4, 0.5) is 0 Å². The number of benzene rings is 4. The van der Waals surface area contributed by atoms with Crippen molar-refractivity contribution in [2.45, 2.75) is 33.0 Å². The Morgan fingerprint density at radius 3 is 1.49 bits per heavy atom. The van der Waals surface area contributed by atoms with E-state index in [0.717, 1.165) is 33.4 Å². The molecular formula is C34H31N3O2. The van der Waals surface area contributed by atoms with E-state index in [0.29, 0.717) is 24.2 Å². The average molecular weight is 514 g/mol. The highest BCUT2D eigenvalue weighted by molar-refractivity contribution is 5.76. The molecule has 4 aromatic rings. The van der Waals surface area contributed by atoms with Crippen molar-refractivity contribution in [3.05, 3.63) is 119 Å². The highest BCUT2D eigenvalue weighted by Crippen LogP contribution is 2.27. The number of esters is 1. The molecule has 4 aromatic carbocycles. The van der Waals surface area contributed by atoms with Crippen LogP contribution in [0.15, 0.2) is 97.1 Å². The summed E-state index contributed by atoms with van der Waals surface area (Å²) in [7, 11) is 1.43. The number of nitrogens with zero attached hydrogens (tertiary/aromatic N) is 3. The monoisotopic (exact) mass is 513 g/mol. The molecule has 0 aromatic heterocycles. The SMILES string of the molecule is COC(=O)[C@H](C(C)C)N(Cc1ccc(-c2ccccc2C#N)cc1)Cc1ccc(-c2ccccc2C#N)cc1. The van der Waals surface area contributed by atoms with Crippen molar-refractivity contribution in [2.75, 3.05) is 7.11 Å². The molecule has 0 saturated carbocycles. The Labute approximate surface area is 230 Å². The van der Waals surface area contributed by atoms with Gasteiger partial charge < -0.3 is 4.74 Å². The highest BCUT2D eigenvalue weighted by atomic mass is 16.5. The van der Waals surface area contributed by atoms with Gasteiger partial charge in [0.05, 0.1) is 30.4 Å². The van der Waals surface area contributed by atoms with Crippen molar-refractivity contribution >= 4 is 5.97 Å². The van der Waals surface area contributed by atoms with Crippen molar-refractivity contribution in [2.24, 2.45) is 5.92 Å². The van der Waals surface area contributed by atoms with E-state index in [1.165, 1.54) is 7.11 Å². The lowest BCUT2D eigenvalue weighted by atomic mass is 9.97. The van der Waals surface area contributed by atoms with Crippen LogP contribution >= 0.6 is 0 Å². The maximum absolute atomic E-state index is 12.9. The van der Waals surface area contributed by atoms with Gasteiger partial charge in [-0.05, 0) is 51.4 Å². The Balaban J connectivity index is 1.61. The first-order valence-electron chi connectivity index (χ1n) is 12.9. The first-order valence-corrected chi connectivity index (χ1v) is 12.9. The van der Waals surface area contributed by atoms with E-state index in [1.54, 1.807) is 0 Å². The van der Waals surface area contributed by atoms with Crippen molar-refractivity contribution in [3.8, 4) is 34.4 Å². The molecule has 5 heteroatoms. The number of hydrogen-bond acceptors (Lipinski definition) is 5. The van der Waals surface area contributed by atoms with Gasteiger partial charge in [0.2, 0.25) is 0 Å².